The first-order chi connectivity index (χ1) is 12.0. The number of carbonyl (C=O) groups excluding carboxylic acids is 1. The van der Waals surface area contributed by atoms with E-state index in [2.05, 4.69) is 18.8 Å². The molecule has 25 heavy (non-hydrogen) atoms. The standard InChI is InChI=1S/C21H25NO3/c1-5-16(4)25-19-11-9-18(10-12-19)22-21(23)17-7-6-8-20(13-17)24-14-15(2)3/h6-13,16H,2,5,14H2,1,3-4H3,(H,22,23). The Bertz CT molecular complexity index is 722. The summed E-state index contributed by atoms with van der Waals surface area (Å²) >= 11 is 0. The molecule has 0 bridgehead atoms. The van der Waals surface area contributed by atoms with Crippen molar-refractivity contribution in [1.29, 1.82) is 0 Å². The first kappa shape index (κ1) is 18.6. The number of rotatable bonds is 8. The molecule has 1 atom stereocenters. The molecule has 0 radical (unpaired) electrons. The highest BCUT2D eigenvalue weighted by Gasteiger charge is 2.08. The van der Waals surface area contributed by atoms with Crippen LogP contribution in [0.3, 0.4) is 0 Å². The van der Waals surface area contributed by atoms with Crippen molar-refractivity contribution in [2.24, 2.45) is 0 Å². The molecule has 0 saturated heterocycles. The fraction of sp³-hybridized carbons (Fsp3) is 0.286. The van der Waals surface area contributed by atoms with E-state index < -0.39 is 0 Å². The van der Waals surface area contributed by atoms with Crippen LogP contribution in [0, 0.1) is 0 Å². The third-order valence-corrected chi connectivity index (χ3v) is 3.61. The molecule has 4 heteroatoms. The predicted octanol–water partition coefficient (Wildman–Crippen LogP) is 5.07. The summed E-state index contributed by atoms with van der Waals surface area (Å²) in [6.45, 7) is 10.2. The topological polar surface area (TPSA) is 47.6 Å². The summed E-state index contributed by atoms with van der Waals surface area (Å²) < 4.78 is 11.3. The quantitative estimate of drug-likeness (QED) is 0.683. The average Bonchev–Trinajstić information content (AvgIpc) is 2.61. The van der Waals surface area contributed by atoms with Crippen LogP contribution >= 0.6 is 0 Å². The van der Waals surface area contributed by atoms with Crippen LogP contribution in [-0.2, 0) is 0 Å². The number of carbonyl (C=O) groups is 1. The lowest BCUT2D eigenvalue weighted by Gasteiger charge is -2.13. The van der Waals surface area contributed by atoms with Crippen molar-refractivity contribution >= 4 is 11.6 Å². The van der Waals surface area contributed by atoms with E-state index in [1.54, 1.807) is 18.2 Å². The van der Waals surface area contributed by atoms with Crippen molar-refractivity contribution in [1.82, 2.24) is 0 Å². The molecule has 0 aliphatic heterocycles. The van der Waals surface area contributed by atoms with E-state index in [4.69, 9.17) is 9.47 Å². The van der Waals surface area contributed by atoms with Crippen LogP contribution in [0.2, 0.25) is 0 Å². The van der Waals surface area contributed by atoms with Gasteiger partial charge >= 0.3 is 0 Å². The molecule has 0 fully saturated rings. The van der Waals surface area contributed by atoms with Crippen molar-refractivity contribution in [2.75, 3.05) is 11.9 Å². The Balaban J connectivity index is 1.99. The Morgan fingerprint density at radius 2 is 1.88 bits per heavy atom. The molecule has 0 aliphatic rings. The van der Waals surface area contributed by atoms with Gasteiger partial charge in [-0.25, -0.2) is 0 Å². The van der Waals surface area contributed by atoms with Gasteiger partial charge in [0, 0.05) is 11.3 Å². The summed E-state index contributed by atoms with van der Waals surface area (Å²) in [6.07, 6.45) is 1.12. The fourth-order valence-electron chi connectivity index (χ4n) is 2.07. The number of hydrogen-bond acceptors (Lipinski definition) is 3. The molecule has 2 aromatic rings. The van der Waals surface area contributed by atoms with Crippen LogP contribution in [0.5, 0.6) is 11.5 Å². The molecule has 0 aliphatic carbocycles. The van der Waals surface area contributed by atoms with Crippen molar-refractivity contribution in [3.05, 3.63) is 66.2 Å². The molecule has 132 valence electrons. The molecular formula is C21H25NO3. The molecule has 1 unspecified atom stereocenters. The van der Waals surface area contributed by atoms with Crippen LogP contribution in [0.25, 0.3) is 0 Å². The third kappa shape index (κ3) is 5.99. The Hall–Kier alpha value is -2.75. The van der Waals surface area contributed by atoms with Gasteiger partial charge in [0.1, 0.15) is 18.1 Å². The second-order valence-corrected chi connectivity index (χ2v) is 6.09. The lowest BCUT2D eigenvalue weighted by Crippen LogP contribution is -2.12. The third-order valence-electron chi connectivity index (χ3n) is 3.61. The zero-order chi connectivity index (χ0) is 18.2. The number of ether oxygens (including phenoxy) is 2. The number of anilines is 1. The minimum absolute atomic E-state index is 0.169. The van der Waals surface area contributed by atoms with E-state index >= 15 is 0 Å². The largest absolute Gasteiger partial charge is 0.491 e. The Labute approximate surface area is 149 Å². The minimum atomic E-state index is -0.184. The highest BCUT2D eigenvalue weighted by atomic mass is 16.5. The molecule has 2 aromatic carbocycles. The minimum Gasteiger partial charge on any atom is -0.491 e. The Morgan fingerprint density at radius 1 is 1.16 bits per heavy atom. The molecular weight excluding hydrogens is 314 g/mol. The van der Waals surface area contributed by atoms with Crippen LogP contribution < -0.4 is 14.8 Å². The molecule has 0 heterocycles. The zero-order valence-electron chi connectivity index (χ0n) is 15.0. The summed E-state index contributed by atoms with van der Waals surface area (Å²) in [4.78, 5) is 12.4. The van der Waals surface area contributed by atoms with Gasteiger partial charge < -0.3 is 14.8 Å². The SMILES string of the molecule is C=C(C)COc1cccc(C(=O)Nc2ccc(OC(C)CC)cc2)c1. The van der Waals surface area contributed by atoms with Gasteiger partial charge in [-0.1, -0.05) is 19.6 Å². The molecule has 2 rings (SSSR count). The van der Waals surface area contributed by atoms with Crippen LogP contribution in [0.4, 0.5) is 5.69 Å². The molecule has 1 N–H and O–H groups in total. The van der Waals surface area contributed by atoms with E-state index in [0.717, 1.165) is 23.4 Å². The maximum Gasteiger partial charge on any atom is 0.255 e. The second-order valence-electron chi connectivity index (χ2n) is 6.09. The van der Waals surface area contributed by atoms with Gasteiger partial charge in [-0.05, 0) is 68.3 Å². The number of hydrogen-bond donors (Lipinski definition) is 1. The van der Waals surface area contributed by atoms with Gasteiger partial charge in [0.05, 0.1) is 6.10 Å². The smallest absolute Gasteiger partial charge is 0.255 e. The Morgan fingerprint density at radius 3 is 2.52 bits per heavy atom. The molecule has 0 saturated carbocycles. The van der Waals surface area contributed by atoms with Crippen LogP contribution in [0.15, 0.2) is 60.7 Å². The number of nitrogens with one attached hydrogen (secondary N) is 1. The van der Waals surface area contributed by atoms with Gasteiger partial charge in [0.2, 0.25) is 0 Å². The van der Waals surface area contributed by atoms with E-state index in [-0.39, 0.29) is 12.0 Å². The van der Waals surface area contributed by atoms with E-state index in [0.29, 0.717) is 17.9 Å². The molecule has 0 spiro atoms. The molecule has 0 aromatic heterocycles. The maximum absolute atomic E-state index is 12.4. The van der Waals surface area contributed by atoms with Crippen molar-refractivity contribution in [3.63, 3.8) is 0 Å². The van der Waals surface area contributed by atoms with Gasteiger partial charge in [-0.15, -0.1) is 0 Å². The highest BCUT2D eigenvalue weighted by molar-refractivity contribution is 6.04. The van der Waals surface area contributed by atoms with Crippen molar-refractivity contribution < 1.29 is 14.3 Å². The van der Waals surface area contributed by atoms with Crippen molar-refractivity contribution in [3.8, 4) is 11.5 Å². The summed E-state index contributed by atoms with van der Waals surface area (Å²) in [5.74, 6) is 1.26. The summed E-state index contributed by atoms with van der Waals surface area (Å²) in [5.41, 5.74) is 2.18. The van der Waals surface area contributed by atoms with Gasteiger partial charge in [0.15, 0.2) is 0 Å². The summed E-state index contributed by atoms with van der Waals surface area (Å²) in [5, 5.41) is 2.88. The molecule has 1 amide bonds. The van der Waals surface area contributed by atoms with E-state index in [1.807, 2.05) is 44.2 Å². The predicted molar refractivity (Wildman–Crippen MR) is 102 cm³/mol. The van der Waals surface area contributed by atoms with Gasteiger partial charge in [-0.2, -0.15) is 0 Å². The van der Waals surface area contributed by atoms with E-state index in [9.17, 15) is 4.79 Å². The normalized spacial score (nSPS) is 11.5. The number of amides is 1. The average molecular weight is 339 g/mol. The second kappa shape index (κ2) is 8.92. The monoisotopic (exact) mass is 339 g/mol. The zero-order valence-corrected chi connectivity index (χ0v) is 15.0. The first-order valence-electron chi connectivity index (χ1n) is 8.43. The highest BCUT2D eigenvalue weighted by Crippen LogP contribution is 2.19. The van der Waals surface area contributed by atoms with E-state index in [1.165, 1.54) is 0 Å². The van der Waals surface area contributed by atoms with Gasteiger partial charge in [0.25, 0.3) is 5.91 Å². The first-order valence-corrected chi connectivity index (χ1v) is 8.43. The fourth-order valence-corrected chi connectivity index (χ4v) is 2.07. The van der Waals surface area contributed by atoms with Gasteiger partial charge in [-0.3, -0.25) is 4.79 Å². The lowest BCUT2D eigenvalue weighted by molar-refractivity contribution is 0.102. The summed E-state index contributed by atoms with van der Waals surface area (Å²) in [6, 6.07) is 14.5. The maximum atomic E-state index is 12.4. The van der Waals surface area contributed by atoms with Crippen LogP contribution in [-0.4, -0.2) is 18.6 Å². The Kier molecular flexibility index (Phi) is 6.63. The number of benzene rings is 2. The van der Waals surface area contributed by atoms with Crippen molar-refractivity contribution in [2.45, 2.75) is 33.3 Å². The van der Waals surface area contributed by atoms with Crippen LogP contribution in [0.1, 0.15) is 37.6 Å². The lowest BCUT2D eigenvalue weighted by atomic mass is 10.2. The molecule has 4 nitrogen and oxygen atoms in total. The summed E-state index contributed by atoms with van der Waals surface area (Å²) in [7, 11) is 0.